The van der Waals surface area contributed by atoms with Gasteiger partial charge in [-0.25, -0.2) is 0 Å². The van der Waals surface area contributed by atoms with Crippen molar-refractivity contribution in [2.75, 3.05) is 0 Å². The Morgan fingerprint density at radius 1 is 1.23 bits per heavy atom. The maximum Gasteiger partial charge on any atom is 0.233 e. The number of nitro groups is 1. The van der Waals surface area contributed by atoms with Gasteiger partial charge in [0.05, 0.1) is 12.8 Å². The molecule has 0 amide bonds. The summed E-state index contributed by atoms with van der Waals surface area (Å²) in [7, 11) is 0. The van der Waals surface area contributed by atoms with Crippen molar-refractivity contribution in [2.45, 2.75) is 39.2 Å². The van der Waals surface area contributed by atoms with E-state index in [1.54, 1.807) is 0 Å². The van der Waals surface area contributed by atoms with Crippen molar-refractivity contribution in [1.82, 2.24) is 0 Å². The molecule has 0 unspecified atom stereocenters. The van der Waals surface area contributed by atoms with Crippen LogP contribution in [0.3, 0.4) is 0 Å². The summed E-state index contributed by atoms with van der Waals surface area (Å²) in [5, 5.41) is 10.6. The van der Waals surface area contributed by atoms with Crippen molar-refractivity contribution in [3.8, 4) is 0 Å². The first kappa shape index (κ1) is 11.7. The molecule has 5 nitrogen and oxygen atoms in total. The Morgan fingerprint density at radius 3 is 1.69 bits per heavy atom. The van der Waals surface area contributed by atoms with Gasteiger partial charge in [-0.05, 0) is 13.8 Å². The largest absolute Gasteiger partial charge is 0.300 e. The molecule has 0 fully saturated rings. The van der Waals surface area contributed by atoms with Gasteiger partial charge in [-0.3, -0.25) is 19.7 Å². The van der Waals surface area contributed by atoms with Crippen LogP contribution in [-0.2, 0) is 9.59 Å². The highest BCUT2D eigenvalue weighted by molar-refractivity contribution is 5.80. The Balaban J connectivity index is 4.62. The maximum absolute atomic E-state index is 10.7. The SMILES string of the molecule is CC(=O)CC(C)(CC(C)=O)[N+](=O)[O-]. The molecular weight excluding hydrogens is 174 g/mol. The van der Waals surface area contributed by atoms with E-state index in [2.05, 4.69) is 0 Å². The van der Waals surface area contributed by atoms with Gasteiger partial charge in [0.1, 0.15) is 11.6 Å². The molecule has 0 aromatic carbocycles. The molecule has 0 bridgehead atoms. The molecule has 74 valence electrons. The van der Waals surface area contributed by atoms with E-state index >= 15 is 0 Å². The Morgan fingerprint density at radius 2 is 1.54 bits per heavy atom. The molecule has 0 N–H and O–H groups in total. The van der Waals surface area contributed by atoms with Crippen molar-refractivity contribution in [2.24, 2.45) is 0 Å². The third-order valence-electron chi connectivity index (χ3n) is 1.70. The second kappa shape index (κ2) is 4.11. The first-order valence-electron chi connectivity index (χ1n) is 3.91. The van der Waals surface area contributed by atoms with E-state index in [9.17, 15) is 19.7 Å². The summed E-state index contributed by atoms with van der Waals surface area (Å²) in [6, 6.07) is 0. The molecule has 0 aromatic rings. The number of carbonyl (C=O) groups is 2. The minimum Gasteiger partial charge on any atom is -0.300 e. The summed E-state index contributed by atoms with van der Waals surface area (Å²) in [5.41, 5.74) is -1.43. The second-order valence-electron chi connectivity index (χ2n) is 3.51. The maximum atomic E-state index is 10.7. The topological polar surface area (TPSA) is 77.3 Å². The van der Waals surface area contributed by atoms with Gasteiger partial charge in [-0.1, -0.05) is 0 Å². The molecule has 5 heteroatoms. The van der Waals surface area contributed by atoms with E-state index in [1.165, 1.54) is 20.8 Å². The molecule has 0 aliphatic carbocycles. The first-order chi connectivity index (χ1) is 5.78. The molecule has 0 heterocycles. The predicted molar refractivity (Wildman–Crippen MR) is 46.0 cm³/mol. The van der Waals surface area contributed by atoms with E-state index in [0.717, 1.165) is 0 Å². The van der Waals surface area contributed by atoms with Crippen LogP contribution in [0.15, 0.2) is 0 Å². The van der Waals surface area contributed by atoms with Gasteiger partial charge in [0.2, 0.25) is 5.54 Å². The summed E-state index contributed by atoms with van der Waals surface area (Å²) in [4.78, 5) is 31.5. The Labute approximate surface area is 76.3 Å². The zero-order valence-electron chi connectivity index (χ0n) is 7.99. The molecule has 0 aliphatic heterocycles. The van der Waals surface area contributed by atoms with Crippen LogP contribution in [0.2, 0.25) is 0 Å². The molecule has 0 saturated carbocycles. The average Bonchev–Trinajstić information content (AvgIpc) is 1.82. The first-order valence-corrected chi connectivity index (χ1v) is 3.91. The van der Waals surface area contributed by atoms with Crippen LogP contribution in [0.1, 0.15) is 33.6 Å². The molecular formula is C8H13NO4. The van der Waals surface area contributed by atoms with Gasteiger partial charge in [-0.2, -0.15) is 0 Å². The predicted octanol–water partition coefficient (Wildman–Crippen LogP) is 0.980. The highest BCUT2D eigenvalue weighted by atomic mass is 16.6. The summed E-state index contributed by atoms with van der Waals surface area (Å²) in [5.74, 6) is -0.555. The fourth-order valence-electron chi connectivity index (χ4n) is 1.26. The molecule has 13 heavy (non-hydrogen) atoms. The van der Waals surface area contributed by atoms with Crippen LogP contribution < -0.4 is 0 Å². The summed E-state index contributed by atoms with van der Waals surface area (Å²) in [6.07, 6.45) is -0.390. The second-order valence-corrected chi connectivity index (χ2v) is 3.51. The molecule has 0 saturated heterocycles. The van der Waals surface area contributed by atoms with Gasteiger partial charge in [0.15, 0.2) is 0 Å². The lowest BCUT2D eigenvalue weighted by molar-refractivity contribution is -0.562. The smallest absolute Gasteiger partial charge is 0.233 e. The minimum absolute atomic E-state index is 0.195. The Hall–Kier alpha value is -1.26. The third kappa shape index (κ3) is 3.78. The van der Waals surface area contributed by atoms with Crippen molar-refractivity contribution < 1.29 is 14.5 Å². The normalized spacial score (nSPS) is 11.0. The molecule has 0 atom stereocenters. The quantitative estimate of drug-likeness (QED) is 0.474. The highest BCUT2D eigenvalue weighted by Crippen LogP contribution is 2.19. The molecule has 0 spiro atoms. The summed E-state index contributed by atoms with van der Waals surface area (Å²) in [6.45, 7) is 3.87. The monoisotopic (exact) mass is 187 g/mol. The molecule has 0 aromatic heterocycles. The van der Waals surface area contributed by atoms with Crippen molar-refractivity contribution in [3.63, 3.8) is 0 Å². The van der Waals surface area contributed by atoms with E-state index in [1.807, 2.05) is 0 Å². The number of Topliss-reactive ketones (excluding diaryl/α,β-unsaturated/α-hetero) is 2. The van der Waals surface area contributed by atoms with Gasteiger partial charge >= 0.3 is 0 Å². The zero-order valence-corrected chi connectivity index (χ0v) is 7.99. The lowest BCUT2D eigenvalue weighted by atomic mass is 9.91. The van der Waals surface area contributed by atoms with Crippen LogP contribution in [-0.4, -0.2) is 22.0 Å². The number of ketones is 2. The number of hydrogen-bond acceptors (Lipinski definition) is 4. The minimum atomic E-state index is -1.43. The zero-order chi connectivity index (χ0) is 10.6. The third-order valence-corrected chi connectivity index (χ3v) is 1.70. The van der Waals surface area contributed by atoms with Gasteiger partial charge in [0, 0.05) is 11.8 Å². The number of nitrogens with zero attached hydrogens (tertiary/aromatic N) is 1. The summed E-state index contributed by atoms with van der Waals surface area (Å²) >= 11 is 0. The van der Waals surface area contributed by atoms with Crippen LogP contribution in [0, 0.1) is 10.1 Å². The number of hydrogen-bond donors (Lipinski definition) is 0. The lowest BCUT2D eigenvalue weighted by Crippen LogP contribution is -2.38. The van der Waals surface area contributed by atoms with Crippen LogP contribution in [0.5, 0.6) is 0 Å². The highest BCUT2D eigenvalue weighted by Gasteiger charge is 2.39. The molecule has 0 radical (unpaired) electrons. The van der Waals surface area contributed by atoms with Crippen molar-refractivity contribution in [3.05, 3.63) is 10.1 Å². The molecule has 0 aliphatic rings. The fraction of sp³-hybridized carbons (Fsp3) is 0.750. The van der Waals surface area contributed by atoms with E-state index in [4.69, 9.17) is 0 Å². The lowest BCUT2D eigenvalue weighted by Gasteiger charge is -2.17. The van der Waals surface area contributed by atoms with E-state index in [0.29, 0.717) is 0 Å². The number of carbonyl (C=O) groups excluding carboxylic acids is 2. The van der Waals surface area contributed by atoms with Crippen molar-refractivity contribution >= 4 is 11.6 Å². The van der Waals surface area contributed by atoms with Crippen LogP contribution in [0.25, 0.3) is 0 Å². The fourth-order valence-corrected chi connectivity index (χ4v) is 1.26. The van der Waals surface area contributed by atoms with Crippen molar-refractivity contribution in [1.29, 1.82) is 0 Å². The van der Waals surface area contributed by atoms with Gasteiger partial charge < -0.3 is 0 Å². The number of rotatable bonds is 5. The Bertz CT molecular complexity index is 231. The van der Waals surface area contributed by atoms with Gasteiger partial charge in [0.25, 0.3) is 0 Å². The summed E-state index contributed by atoms with van der Waals surface area (Å²) < 4.78 is 0. The van der Waals surface area contributed by atoms with Crippen LogP contribution >= 0.6 is 0 Å². The van der Waals surface area contributed by atoms with E-state index in [-0.39, 0.29) is 24.4 Å². The molecule has 0 rings (SSSR count). The average molecular weight is 187 g/mol. The van der Waals surface area contributed by atoms with E-state index < -0.39 is 10.5 Å². The van der Waals surface area contributed by atoms with Crippen LogP contribution in [0.4, 0.5) is 0 Å². The Kier molecular flexibility index (Phi) is 3.71. The van der Waals surface area contributed by atoms with Gasteiger partial charge in [-0.15, -0.1) is 0 Å². The standard InChI is InChI=1S/C8H13NO4/c1-6(10)4-8(3,9(12)13)5-7(2)11/h4-5H2,1-3H3.